The maximum Gasteiger partial charge on any atom is 0.260 e. The molecule has 0 saturated heterocycles. The second kappa shape index (κ2) is 7.69. The summed E-state index contributed by atoms with van der Waals surface area (Å²) in [5, 5.41) is 3.96. The van der Waals surface area contributed by atoms with Crippen molar-refractivity contribution in [2.24, 2.45) is 0 Å². The lowest BCUT2D eigenvalue weighted by atomic mass is 10.2. The van der Waals surface area contributed by atoms with Gasteiger partial charge in [-0.15, -0.1) is 0 Å². The minimum atomic E-state index is 0.645. The molecule has 4 nitrogen and oxygen atoms in total. The molecular weight excluding hydrogens is 328 g/mol. The summed E-state index contributed by atoms with van der Waals surface area (Å²) in [6.07, 6.45) is 3.22. The van der Waals surface area contributed by atoms with Crippen molar-refractivity contribution in [3.8, 4) is 0 Å². The zero-order chi connectivity index (χ0) is 13.5. The topological polar surface area (TPSA) is 47.3 Å². The molecule has 0 aliphatic heterocycles. The van der Waals surface area contributed by atoms with Crippen molar-refractivity contribution < 1.29 is 9.15 Å². The standard InChI is InChI=1S/C13H15BrN2O2S/c1-17-6-4-15-9-10-2-3-12(11(14)8-10)19-13-16-5-7-18-13/h2-3,5,7-8,15H,4,6,9H2,1H3. The lowest BCUT2D eigenvalue weighted by molar-refractivity contribution is 0.199. The third-order valence-electron chi connectivity index (χ3n) is 2.42. The maximum absolute atomic E-state index is 5.22. The van der Waals surface area contributed by atoms with Gasteiger partial charge in [0.2, 0.25) is 0 Å². The summed E-state index contributed by atoms with van der Waals surface area (Å²) in [6.45, 7) is 2.39. The molecule has 0 aliphatic rings. The van der Waals surface area contributed by atoms with Crippen LogP contribution in [0.5, 0.6) is 0 Å². The van der Waals surface area contributed by atoms with Crippen LogP contribution < -0.4 is 5.32 Å². The Hall–Kier alpha value is -0.820. The first-order chi connectivity index (χ1) is 9.29. The molecule has 0 saturated carbocycles. The molecule has 6 heteroatoms. The van der Waals surface area contributed by atoms with E-state index in [1.165, 1.54) is 17.3 Å². The molecule has 0 fully saturated rings. The van der Waals surface area contributed by atoms with Crippen molar-refractivity contribution in [2.45, 2.75) is 16.7 Å². The van der Waals surface area contributed by atoms with Crippen LogP contribution in [0.1, 0.15) is 5.56 Å². The SMILES string of the molecule is COCCNCc1ccc(Sc2ncco2)c(Br)c1. The second-order valence-electron chi connectivity index (χ2n) is 3.83. The number of ether oxygens (including phenoxy) is 1. The van der Waals surface area contributed by atoms with E-state index in [0.29, 0.717) is 5.22 Å². The Morgan fingerprint density at radius 1 is 1.47 bits per heavy atom. The van der Waals surface area contributed by atoms with Gasteiger partial charge in [-0.05, 0) is 45.4 Å². The molecule has 1 aromatic carbocycles. The van der Waals surface area contributed by atoms with Gasteiger partial charge in [0.1, 0.15) is 6.26 Å². The van der Waals surface area contributed by atoms with Gasteiger partial charge in [-0.2, -0.15) is 0 Å². The fraction of sp³-hybridized carbons (Fsp3) is 0.308. The first kappa shape index (κ1) is 14.6. The highest BCUT2D eigenvalue weighted by Crippen LogP contribution is 2.33. The molecule has 0 amide bonds. The van der Waals surface area contributed by atoms with Crippen LogP contribution in [0, 0.1) is 0 Å². The van der Waals surface area contributed by atoms with Gasteiger partial charge in [-0.3, -0.25) is 0 Å². The average Bonchev–Trinajstić information content (AvgIpc) is 2.91. The molecule has 0 spiro atoms. The third kappa shape index (κ3) is 4.65. The number of halogens is 1. The molecule has 0 aliphatic carbocycles. The van der Waals surface area contributed by atoms with E-state index in [9.17, 15) is 0 Å². The molecule has 0 unspecified atom stereocenters. The van der Waals surface area contributed by atoms with Gasteiger partial charge in [0.05, 0.1) is 12.8 Å². The monoisotopic (exact) mass is 342 g/mol. The molecule has 1 N–H and O–H groups in total. The second-order valence-corrected chi connectivity index (χ2v) is 5.68. The highest BCUT2D eigenvalue weighted by atomic mass is 79.9. The number of oxazole rings is 1. The van der Waals surface area contributed by atoms with E-state index in [-0.39, 0.29) is 0 Å². The lowest BCUT2D eigenvalue weighted by Crippen LogP contribution is -2.18. The van der Waals surface area contributed by atoms with Gasteiger partial charge < -0.3 is 14.5 Å². The molecule has 0 radical (unpaired) electrons. The number of nitrogens with zero attached hydrogens (tertiary/aromatic N) is 1. The fourth-order valence-corrected chi connectivity index (χ4v) is 2.87. The molecule has 2 rings (SSSR count). The largest absolute Gasteiger partial charge is 0.440 e. The van der Waals surface area contributed by atoms with Crippen LogP contribution in [0.15, 0.2) is 49.7 Å². The Kier molecular flexibility index (Phi) is 5.91. The van der Waals surface area contributed by atoms with Gasteiger partial charge in [0.25, 0.3) is 5.22 Å². The fourth-order valence-electron chi connectivity index (χ4n) is 1.50. The number of methoxy groups -OCH3 is 1. The van der Waals surface area contributed by atoms with Gasteiger partial charge in [-0.25, -0.2) is 4.98 Å². The van der Waals surface area contributed by atoms with Crippen molar-refractivity contribution >= 4 is 27.7 Å². The summed E-state index contributed by atoms with van der Waals surface area (Å²) < 4.78 is 11.3. The van der Waals surface area contributed by atoms with Crippen LogP contribution in [0.4, 0.5) is 0 Å². The molecular formula is C13H15BrN2O2S. The Morgan fingerprint density at radius 3 is 3.05 bits per heavy atom. The molecule has 1 aromatic heterocycles. The summed E-state index contributed by atoms with van der Waals surface area (Å²) in [6, 6.07) is 6.26. The van der Waals surface area contributed by atoms with Crippen LogP contribution in [0.2, 0.25) is 0 Å². The van der Waals surface area contributed by atoms with Crippen molar-refractivity contribution in [3.05, 3.63) is 40.7 Å². The van der Waals surface area contributed by atoms with Crippen molar-refractivity contribution in [1.82, 2.24) is 10.3 Å². The van der Waals surface area contributed by atoms with Crippen molar-refractivity contribution in [3.63, 3.8) is 0 Å². The van der Waals surface area contributed by atoms with Crippen LogP contribution in [0.25, 0.3) is 0 Å². The first-order valence-corrected chi connectivity index (χ1v) is 7.46. The molecule has 0 bridgehead atoms. The normalized spacial score (nSPS) is 10.8. The van der Waals surface area contributed by atoms with E-state index in [0.717, 1.165) is 29.1 Å². The zero-order valence-electron chi connectivity index (χ0n) is 10.6. The Morgan fingerprint density at radius 2 is 2.37 bits per heavy atom. The van der Waals surface area contributed by atoms with E-state index in [4.69, 9.17) is 9.15 Å². The average molecular weight is 343 g/mol. The van der Waals surface area contributed by atoms with E-state index in [2.05, 4.69) is 44.4 Å². The van der Waals surface area contributed by atoms with Crippen molar-refractivity contribution in [1.29, 1.82) is 0 Å². The number of aromatic nitrogens is 1. The minimum absolute atomic E-state index is 0.645. The van der Waals surface area contributed by atoms with Gasteiger partial charge in [0.15, 0.2) is 0 Å². The Labute approximate surface area is 125 Å². The van der Waals surface area contributed by atoms with Crippen LogP contribution in [-0.4, -0.2) is 25.2 Å². The summed E-state index contributed by atoms with van der Waals surface area (Å²) in [4.78, 5) is 5.18. The molecule has 19 heavy (non-hydrogen) atoms. The van der Waals surface area contributed by atoms with Crippen LogP contribution in [-0.2, 0) is 11.3 Å². The third-order valence-corrected chi connectivity index (χ3v) is 4.29. The van der Waals surface area contributed by atoms with E-state index in [1.54, 1.807) is 19.6 Å². The molecule has 0 atom stereocenters. The minimum Gasteiger partial charge on any atom is -0.440 e. The Balaban J connectivity index is 1.93. The highest BCUT2D eigenvalue weighted by Gasteiger charge is 2.06. The quantitative estimate of drug-likeness (QED) is 0.782. The van der Waals surface area contributed by atoms with E-state index >= 15 is 0 Å². The zero-order valence-corrected chi connectivity index (χ0v) is 13.0. The van der Waals surface area contributed by atoms with Crippen LogP contribution >= 0.6 is 27.7 Å². The first-order valence-electron chi connectivity index (χ1n) is 5.85. The van der Waals surface area contributed by atoms with Gasteiger partial charge in [-0.1, -0.05) is 6.07 Å². The maximum atomic E-state index is 5.22. The van der Waals surface area contributed by atoms with Gasteiger partial charge in [0, 0.05) is 29.6 Å². The Bertz CT molecular complexity index is 505. The predicted octanol–water partition coefficient (Wildman–Crippen LogP) is 3.32. The number of hydrogen-bond acceptors (Lipinski definition) is 5. The number of hydrogen-bond donors (Lipinski definition) is 1. The predicted molar refractivity (Wildman–Crippen MR) is 78.4 cm³/mol. The smallest absolute Gasteiger partial charge is 0.260 e. The number of benzene rings is 1. The highest BCUT2D eigenvalue weighted by molar-refractivity contribution is 9.10. The number of nitrogens with one attached hydrogen (secondary N) is 1. The summed E-state index contributed by atoms with van der Waals surface area (Å²) in [5.74, 6) is 0. The summed E-state index contributed by atoms with van der Waals surface area (Å²) >= 11 is 5.07. The molecule has 102 valence electrons. The summed E-state index contributed by atoms with van der Waals surface area (Å²) in [7, 11) is 1.70. The van der Waals surface area contributed by atoms with Gasteiger partial charge >= 0.3 is 0 Å². The molecule has 1 heterocycles. The lowest BCUT2D eigenvalue weighted by Gasteiger charge is -2.07. The van der Waals surface area contributed by atoms with E-state index < -0.39 is 0 Å². The van der Waals surface area contributed by atoms with E-state index in [1.807, 2.05) is 0 Å². The van der Waals surface area contributed by atoms with Crippen LogP contribution in [0.3, 0.4) is 0 Å². The summed E-state index contributed by atoms with van der Waals surface area (Å²) in [5.41, 5.74) is 1.22. The van der Waals surface area contributed by atoms with Crippen molar-refractivity contribution in [2.75, 3.05) is 20.3 Å². The molecule has 2 aromatic rings. The number of rotatable bonds is 7.